The van der Waals surface area contributed by atoms with Crippen LogP contribution in [0.3, 0.4) is 0 Å². The number of piperidine rings is 1. The highest BCUT2D eigenvalue weighted by Gasteiger charge is 2.40. The maximum absolute atomic E-state index is 5.82. The summed E-state index contributed by atoms with van der Waals surface area (Å²) in [6.45, 7) is 5.01. The van der Waals surface area contributed by atoms with Gasteiger partial charge in [-0.1, -0.05) is 0 Å². The lowest BCUT2D eigenvalue weighted by Gasteiger charge is -2.38. The number of nitrogens with one attached hydrogen (secondary N) is 1. The lowest BCUT2D eigenvalue weighted by Crippen LogP contribution is -2.45. The van der Waals surface area contributed by atoms with Gasteiger partial charge in [-0.25, -0.2) is 4.98 Å². The number of methoxy groups -OCH3 is 2. The van der Waals surface area contributed by atoms with Gasteiger partial charge in [0.25, 0.3) is 0 Å². The zero-order valence-electron chi connectivity index (χ0n) is 16.5. The zero-order chi connectivity index (χ0) is 19.6. The molecule has 1 N–H and O–H groups in total. The largest absolute Gasteiger partial charge is 0.497 e. The molecule has 1 spiro atoms. The zero-order valence-corrected chi connectivity index (χ0v) is 16.5. The predicted molar refractivity (Wildman–Crippen MR) is 106 cm³/mol. The van der Waals surface area contributed by atoms with Gasteiger partial charge in [-0.3, -0.25) is 0 Å². The molecule has 2 aliphatic rings. The van der Waals surface area contributed by atoms with Crippen LogP contribution < -0.4 is 19.7 Å². The Bertz CT molecular complexity index is 829. The monoisotopic (exact) mass is 386 g/mol. The first-order valence-electron chi connectivity index (χ1n) is 9.48. The fraction of sp³-hybridized carbons (Fsp3) is 0.500. The Morgan fingerprint density at radius 2 is 1.79 bits per heavy atom. The van der Waals surface area contributed by atoms with E-state index in [2.05, 4.69) is 15.2 Å². The van der Waals surface area contributed by atoms with Crippen molar-refractivity contribution in [2.45, 2.75) is 25.6 Å². The second-order valence-corrected chi connectivity index (χ2v) is 6.98. The van der Waals surface area contributed by atoms with Crippen molar-refractivity contribution in [2.75, 3.05) is 50.7 Å². The first-order chi connectivity index (χ1) is 13.6. The molecule has 0 aliphatic carbocycles. The van der Waals surface area contributed by atoms with Gasteiger partial charge in [-0.2, -0.15) is 4.98 Å². The maximum Gasteiger partial charge on any atom is 0.229 e. The van der Waals surface area contributed by atoms with Gasteiger partial charge in [0.2, 0.25) is 5.95 Å². The molecule has 0 amide bonds. The van der Waals surface area contributed by atoms with Gasteiger partial charge in [0.1, 0.15) is 17.3 Å². The van der Waals surface area contributed by atoms with Crippen molar-refractivity contribution in [3.05, 3.63) is 30.0 Å². The Kier molecular flexibility index (Phi) is 5.23. The van der Waals surface area contributed by atoms with E-state index in [-0.39, 0.29) is 0 Å². The Morgan fingerprint density at radius 1 is 1.04 bits per heavy atom. The molecule has 8 heteroatoms. The third-order valence-corrected chi connectivity index (χ3v) is 5.16. The minimum absolute atomic E-state index is 0.393. The van der Waals surface area contributed by atoms with Gasteiger partial charge in [0, 0.05) is 43.8 Å². The highest BCUT2D eigenvalue weighted by molar-refractivity contribution is 5.65. The molecule has 1 aromatic carbocycles. The first-order valence-corrected chi connectivity index (χ1v) is 9.48. The standard InChI is InChI=1S/C20H26N4O4/c1-14-12-18(24-8-6-20(7-9-24)27-10-11-28-20)23-19(21-14)22-16-5-4-15(25-2)13-17(16)26-3/h4-5,12-13H,6-11H2,1-3H3,(H,21,22,23). The molecule has 2 fully saturated rings. The van der Waals surface area contributed by atoms with Crippen LogP contribution in [0, 0.1) is 6.92 Å². The molecule has 150 valence electrons. The van der Waals surface area contributed by atoms with Gasteiger partial charge in [-0.05, 0) is 19.1 Å². The molecular weight excluding hydrogens is 360 g/mol. The van der Waals surface area contributed by atoms with Crippen molar-refractivity contribution in [3.8, 4) is 11.5 Å². The molecule has 2 saturated heterocycles. The van der Waals surface area contributed by atoms with Crippen molar-refractivity contribution in [2.24, 2.45) is 0 Å². The van der Waals surface area contributed by atoms with Crippen molar-refractivity contribution < 1.29 is 18.9 Å². The van der Waals surface area contributed by atoms with E-state index in [1.807, 2.05) is 31.2 Å². The predicted octanol–water partition coefficient (Wildman–Crippen LogP) is 2.89. The third kappa shape index (κ3) is 3.83. The van der Waals surface area contributed by atoms with E-state index in [0.717, 1.165) is 48.9 Å². The van der Waals surface area contributed by atoms with Crippen LogP contribution in [0.15, 0.2) is 24.3 Å². The smallest absolute Gasteiger partial charge is 0.229 e. The summed E-state index contributed by atoms with van der Waals surface area (Å²) in [6, 6.07) is 7.59. The van der Waals surface area contributed by atoms with Crippen molar-refractivity contribution in [3.63, 3.8) is 0 Å². The fourth-order valence-corrected chi connectivity index (χ4v) is 3.65. The van der Waals surface area contributed by atoms with E-state index in [1.54, 1.807) is 14.2 Å². The van der Waals surface area contributed by atoms with Crippen LogP contribution in [0.5, 0.6) is 11.5 Å². The summed E-state index contributed by atoms with van der Waals surface area (Å²) in [7, 11) is 3.25. The summed E-state index contributed by atoms with van der Waals surface area (Å²) in [5.41, 5.74) is 1.68. The Balaban J connectivity index is 1.52. The molecule has 1 aromatic heterocycles. The quantitative estimate of drug-likeness (QED) is 0.841. The molecule has 0 bridgehead atoms. The summed E-state index contributed by atoms with van der Waals surface area (Å²) < 4.78 is 22.3. The number of aromatic nitrogens is 2. The fourth-order valence-electron chi connectivity index (χ4n) is 3.65. The Morgan fingerprint density at radius 3 is 2.46 bits per heavy atom. The molecule has 0 radical (unpaired) electrons. The van der Waals surface area contributed by atoms with Crippen molar-refractivity contribution in [1.29, 1.82) is 0 Å². The van der Waals surface area contributed by atoms with E-state index in [9.17, 15) is 0 Å². The van der Waals surface area contributed by atoms with Crippen LogP contribution in [0.4, 0.5) is 17.5 Å². The van der Waals surface area contributed by atoms with Crippen LogP contribution in [0.25, 0.3) is 0 Å². The van der Waals surface area contributed by atoms with Crippen LogP contribution in [-0.2, 0) is 9.47 Å². The Hall–Kier alpha value is -2.58. The molecule has 2 aliphatic heterocycles. The number of rotatable bonds is 5. The van der Waals surface area contributed by atoms with Gasteiger partial charge in [0.05, 0.1) is 33.1 Å². The second kappa shape index (κ2) is 7.81. The summed E-state index contributed by atoms with van der Waals surface area (Å²) in [5.74, 6) is 2.44. The summed E-state index contributed by atoms with van der Waals surface area (Å²) in [5, 5.41) is 3.26. The topological polar surface area (TPSA) is 78.0 Å². The molecule has 2 aromatic rings. The highest BCUT2D eigenvalue weighted by Crippen LogP contribution is 2.34. The maximum atomic E-state index is 5.82. The lowest BCUT2D eigenvalue weighted by atomic mass is 10.0. The molecule has 0 atom stereocenters. The van der Waals surface area contributed by atoms with E-state index >= 15 is 0 Å². The number of anilines is 3. The molecule has 3 heterocycles. The van der Waals surface area contributed by atoms with E-state index < -0.39 is 5.79 Å². The molecule has 0 unspecified atom stereocenters. The molecular formula is C20H26N4O4. The number of hydrogen-bond acceptors (Lipinski definition) is 8. The number of ether oxygens (including phenoxy) is 4. The van der Waals surface area contributed by atoms with Crippen LogP contribution in [-0.4, -0.2) is 56.3 Å². The minimum atomic E-state index is -0.393. The second-order valence-electron chi connectivity index (χ2n) is 6.98. The van der Waals surface area contributed by atoms with Gasteiger partial charge < -0.3 is 29.2 Å². The molecule has 4 rings (SSSR count). The Labute approximate surface area is 164 Å². The van der Waals surface area contributed by atoms with E-state index in [0.29, 0.717) is 24.9 Å². The van der Waals surface area contributed by atoms with Gasteiger partial charge in [0.15, 0.2) is 5.79 Å². The SMILES string of the molecule is COc1ccc(Nc2nc(C)cc(N3CCC4(CC3)OCCO4)n2)c(OC)c1. The van der Waals surface area contributed by atoms with Crippen LogP contribution >= 0.6 is 0 Å². The van der Waals surface area contributed by atoms with Crippen LogP contribution in [0.1, 0.15) is 18.5 Å². The van der Waals surface area contributed by atoms with Crippen molar-refractivity contribution >= 4 is 17.5 Å². The third-order valence-electron chi connectivity index (χ3n) is 5.16. The van der Waals surface area contributed by atoms with Gasteiger partial charge >= 0.3 is 0 Å². The number of hydrogen-bond donors (Lipinski definition) is 1. The normalized spacial score (nSPS) is 18.3. The average molecular weight is 386 g/mol. The van der Waals surface area contributed by atoms with E-state index in [1.165, 1.54) is 0 Å². The molecule has 8 nitrogen and oxygen atoms in total. The number of aryl methyl sites for hydroxylation is 1. The van der Waals surface area contributed by atoms with Crippen LogP contribution in [0.2, 0.25) is 0 Å². The summed E-state index contributed by atoms with van der Waals surface area (Å²) >= 11 is 0. The lowest BCUT2D eigenvalue weighted by molar-refractivity contribution is -0.169. The average Bonchev–Trinajstić information content (AvgIpc) is 3.16. The highest BCUT2D eigenvalue weighted by atomic mass is 16.7. The number of nitrogens with zero attached hydrogens (tertiary/aromatic N) is 3. The van der Waals surface area contributed by atoms with Crippen molar-refractivity contribution in [1.82, 2.24) is 9.97 Å². The first kappa shape index (κ1) is 18.8. The number of benzene rings is 1. The van der Waals surface area contributed by atoms with E-state index in [4.69, 9.17) is 23.9 Å². The molecule has 28 heavy (non-hydrogen) atoms. The summed E-state index contributed by atoms with van der Waals surface area (Å²) in [4.78, 5) is 11.5. The summed E-state index contributed by atoms with van der Waals surface area (Å²) in [6.07, 6.45) is 1.68. The molecule has 0 saturated carbocycles. The van der Waals surface area contributed by atoms with Gasteiger partial charge in [-0.15, -0.1) is 0 Å². The minimum Gasteiger partial charge on any atom is -0.497 e.